The Morgan fingerprint density at radius 2 is 1.72 bits per heavy atom. The summed E-state index contributed by atoms with van der Waals surface area (Å²) in [5, 5.41) is 4.38. The minimum Gasteiger partial charge on any atom is -0.268 e. The summed E-state index contributed by atoms with van der Waals surface area (Å²) in [4.78, 5) is 23.1. The van der Waals surface area contributed by atoms with Gasteiger partial charge in [0.1, 0.15) is 5.01 Å². The first-order valence-corrected chi connectivity index (χ1v) is 12.2. The van der Waals surface area contributed by atoms with Crippen LogP contribution in [0.1, 0.15) is 16.8 Å². The van der Waals surface area contributed by atoms with Gasteiger partial charge in [-0.2, -0.15) is 0 Å². The van der Waals surface area contributed by atoms with Gasteiger partial charge in [0, 0.05) is 16.7 Å². The molecule has 2 heterocycles. The summed E-state index contributed by atoms with van der Waals surface area (Å²) < 4.78 is 1.74. The fraction of sp³-hybridized carbons (Fsp3) is 0.115. The molecule has 0 aliphatic carbocycles. The Bertz CT molecular complexity index is 1470. The van der Waals surface area contributed by atoms with Gasteiger partial charge in [0.05, 0.1) is 22.3 Å². The van der Waals surface area contributed by atoms with Gasteiger partial charge in [0.15, 0.2) is 5.16 Å². The van der Waals surface area contributed by atoms with Gasteiger partial charge >= 0.3 is 0 Å². The van der Waals surface area contributed by atoms with Crippen molar-refractivity contribution in [2.45, 2.75) is 24.8 Å². The van der Waals surface area contributed by atoms with Crippen LogP contribution in [0.25, 0.3) is 27.2 Å². The molecule has 0 unspecified atom stereocenters. The second-order valence-corrected chi connectivity index (χ2v) is 9.44. The zero-order chi connectivity index (χ0) is 22.1. The molecule has 0 amide bonds. The number of para-hydroxylation sites is 1. The summed E-state index contributed by atoms with van der Waals surface area (Å²) in [5.74, 6) is 0.638. The zero-order valence-electron chi connectivity index (χ0n) is 17.8. The molecule has 0 radical (unpaired) electrons. The first-order valence-electron chi connectivity index (χ1n) is 10.3. The van der Waals surface area contributed by atoms with Gasteiger partial charge in [-0.3, -0.25) is 9.36 Å². The molecule has 0 aliphatic heterocycles. The number of hydrogen-bond donors (Lipinski definition) is 0. The molecule has 0 spiro atoms. The summed E-state index contributed by atoms with van der Waals surface area (Å²) in [6, 6.07) is 23.8. The molecule has 32 heavy (non-hydrogen) atoms. The molecule has 0 atom stereocenters. The highest BCUT2D eigenvalue weighted by Gasteiger charge is 2.16. The first-order chi connectivity index (χ1) is 15.6. The number of thioether (sulfide) groups is 1. The number of fused-ring (bicyclic) bond motifs is 1. The van der Waals surface area contributed by atoms with Gasteiger partial charge in [-0.25, -0.2) is 9.97 Å². The predicted octanol–water partition coefficient (Wildman–Crippen LogP) is 6.42. The second-order valence-electron chi connectivity index (χ2n) is 7.64. The lowest BCUT2D eigenvalue weighted by atomic mass is 10.1. The molecule has 3 aromatic carbocycles. The Hall–Kier alpha value is -3.22. The minimum atomic E-state index is -0.0479. The van der Waals surface area contributed by atoms with E-state index >= 15 is 0 Å². The number of aromatic nitrogens is 3. The third-order valence-corrected chi connectivity index (χ3v) is 7.17. The summed E-state index contributed by atoms with van der Waals surface area (Å²) in [6.45, 7) is 4.09. The van der Waals surface area contributed by atoms with Crippen molar-refractivity contribution in [3.8, 4) is 16.3 Å². The number of rotatable bonds is 5. The van der Waals surface area contributed by atoms with E-state index < -0.39 is 0 Å². The van der Waals surface area contributed by atoms with Gasteiger partial charge in [-0.05, 0) is 37.6 Å². The van der Waals surface area contributed by atoms with Crippen molar-refractivity contribution in [1.29, 1.82) is 0 Å². The van der Waals surface area contributed by atoms with Gasteiger partial charge in [0.25, 0.3) is 5.56 Å². The molecule has 0 N–H and O–H groups in total. The summed E-state index contributed by atoms with van der Waals surface area (Å²) in [5.41, 5.74) is 5.84. The number of thiazole rings is 1. The number of aryl methyl sites for hydroxylation is 2. The monoisotopic (exact) mass is 455 g/mol. The minimum absolute atomic E-state index is 0.0479. The quantitative estimate of drug-likeness (QED) is 0.227. The highest BCUT2D eigenvalue weighted by molar-refractivity contribution is 7.98. The van der Waals surface area contributed by atoms with Gasteiger partial charge in [-0.15, -0.1) is 11.3 Å². The lowest BCUT2D eigenvalue weighted by Crippen LogP contribution is -2.22. The van der Waals surface area contributed by atoms with Crippen LogP contribution in [0.2, 0.25) is 0 Å². The van der Waals surface area contributed by atoms with E-state index in [1.807, 2.05) is 61.5 Å². The van der Waals surface area contributed by atoms with Crippen molar-refractivity contribution in [3.05, 3.63) is 105 Å². The third kappa shape index (κ3) is 3.99. The fourth-order valence-electron chi connectivity index (χ4n) is 3.70. The topological polar surface area (TPSA) is 47.8 Å². The maximum atomic E-state index is 13.5. The van der Waals surface area contributed by atoms with E-state index in [1.54, 1.807) is 27.7 Å². The normalized spacial score (nSPS) is 11.2. The number of nitrogens with zero attached hydrogens (tertiary/aromatic N) is 3. The van der Waals surface area contributed by atoms with Crippen LogP contribution in [0, 0.1) is 13.8 Å². The van der Waals surface area contributed by atoms with Crippen molar-refractivity contribution in [2.24, 2.45) is 0 Å². The molecular weight excluding hydrogens is 434 g/mol. The Labute approximate surface area is 194 Å². The van der Waals surface area contributed by atoms with Gasteiger partial charge < -0.3 is 0 Å². The molecule has 2 aromatic heterocycles. The summed E-state index contributed by atoms with van der Waals surface area (Å²) in [7, 11) is 0. The largest absolute Gasteiger partial charge is 0.268 e. The van der Waals surface area contributed by atoms with E-state index in [9.17, 15) is 4.79 Å². The van der Waals surface area contributed by atoms with Crippen molar-refractivity contribution >= 4 is 34.0 Å². The molecule has 0 fully saturated rings. The molecule has 158 valence electrons. The summed E-state index contributed by atoms with van der Waals surface area (Å²) in [6.07, 6.45) is 0. The van der Waals surface area contributed by atoms with E-state index in [0.717, 1.165) is 33.1 Å². The molecule has 0 saturated heterocycles. The third-order valence-electron chi connectivity index (χ3n) is 5.26. The molecule has 0 bridgehead atoms. The van der Waals surface area contributed by atoms with Crippen molar-refractivity contribution in [3.63, 3.8) is 0 Å². The second kappa shape index (κ2) is 8.73. The van der Waals surface area contributed by atoms with Gasteiger partial charge in [-0.1, -0.05) is 71.9 Å². The molecule has 0 saturated carbocycles. The van der Waals surface area contributed by atoms with Crippen LogP contribution in [0.5, 0.6) is 0 Å². The lowest BCUT2D eigenvalue weighted by molar-refractivity contribution is 0.813. The van der Waals surface area contributed by atoms with Crippen LogP contribution < -0.4 is 5.56 Å². The molecular formula is C26H21N3OS2. The maximum absolute atomic E-state index is 13.5. The van der Waals surface area contributed by atoms with E-state index in [0.29, 0.717) is 21.8 Å². The van der Waals surface area contributed by atoms with Crippen LogP contribution in [0.15, 0.2) is 88.1 Å². The molecule has 4 nitrogen and oxygen atoms in total. The standard InChI is InChI=1S/C26H21N3OS2/c1-17-12-13-23(18(2)14-17)29-25(30)21-10-6-7-11-22(21)28-26(29)32-16-20-15-31-24(27-20)19-8-4-3-5-9-19/h3-15H,16H2,1-2H3. The van der Waals surface area contributed by atoms with Crippen LogP contribution in [-0.4, -0.2) is 14.5 Å². The average Bonchev–Trinajstić information content (AvgIpc) is 3.28. The number of hydrogen-bond acceptors (Lipinski definition) is 5. The Balaban J connectivity index is 1.55. The smallest absolute Gasteiger partial charge is 0.266 e. The fourth-order valence-corrected chi connectivity index (χ4v) is 5.53. The molecule has 5 aromatic rings. The highest BCUT2D eigenvalue weighted by atomic mass is 32.2. The molecule has 6 heteroatoms. The van der Waals surface area contributed by atoms with E-state index in [4.69, 9.17) is 9.97 Å². The lowest BCUT2D eigenvalue weighted by Gasteiger charge is -2.15. The van der Waals surface area contributed by atoms with Crippen molar-refractivity contribution in [1.82, 2.24) is 14.5 Å². The molecule has 0 aliphatic rings. The van der Waals surface area contributed by atoms with E-state index in [-0.39, 0.29) is 5.56 Å². The Morgan fingerprint density at radius 3 is 2.53 bits per heavy atom. The van der Waals surface area contributed by atoms with Crippen molar-refractivity contribution < 1.29 is 0 Å². The Kier molecular flexibility index (Phi) is 5.64. The average molecular weight is 456 g/mol. The Morgan fingerprint density at radius 1 is 0.938 bits per heavy atom. The van der Waals surface area contributed by atoms with Crippen LogP contribution in [0.4, 0.5) is 0 Å². The predicted molar refractivity (Wildman–Crippen MR) is 134 cm³/mol. The highest BCUT2D eigenvalue weighted by Crippen LogP contribution is 2.29. The zero-order valence-corrected chi connectivity index (χ0v) is 19.4. The van der Waals surface area contributed by atoms with E-state index in [1.165, 1.54) is 0 Å². The van der Waals surface area contributed by atoms with E-state index in [2.05, 4.69) is 30.5 Å². The first kappa shape index (κ1) is 20.7. The van der Waals surface area contributed by atoms with Crippen LogP contribution in [0.3, 0.4) is 0 Å². The molecule has 5 rings (SSSR count). The summed E-state index contributed by atoms with van der Waals surface area (Å²) >= 11 is 3.18. The maximum Gasteiger partial charge on any atom is 0.266 e. The van der Waals surface area contributed by atoms with Crippen LogP contribution >= 0.6 is 23.1 Å². The van der Waals surface area contributed by atoms with Gasteiger partial charge in [0.2, 0.25) is 0 Å². The SMILES string of the molecule is Cc1ccc(-n2c(SCc3csc(-c4ccccc4)n3)nc3ccccc3c2=O)c(C)c1. The van der Waals surface area contributed by atoms with Crippen LogP contribution in [-0.2, 0) is 5.75 Å². The van der Waals surface area contributed by atoms with Crippen molar-refractivity contribution in [2.75, 3.05) is 0 Å². The number of benzene rings is 3.